The largest absolute Gasteiger partial charge is 0.320 e. The summed E-state index contributed by atoms with van der Waals surface area (Å²) in [6.07, 6.45) is 4.79. The van der Waals surface area contributed by atoms with Gasteiger partial charge in [-0.3, -0.25) is 14.9 Å². The number of fused-ring (bicyclic) bond motifs is 3. The van der Waals surface area contributed by atoms with E-state index >= 15 is 0 Å². The molecular weight excluding hydrogens is 368 g/mol. The van der Waals surface area contributed by atoms with Crippen LogP contribution >= 0.6 is 0 Å². The zero-order valence-corrected chi connectivity index (χ0v) is 15.8. The molecule has 0 atom stereocenters. The molecular formula is C22H18N4O3. The Morgan fingerprint density at radius 1 is 1.21 bits per heavy atom. The molecule has 2 heterocycles. The highest BCUT2D eigenvalue weighted by atomic mass is 16.6. The number of aromatic nitrogens is 3. The number of nitro groups is 1. The maximum Gasteiger partial charge on any atom is 0.270 e. The Kier molecular flexibility index (Phi) is 4.56. The number of carbonyl (C=O) groups is 1. The molecule has 7 heteroatoms. The molecule has 2 aromatic heterocycles. The Morgan fingerprint density at radius 2 is 1.97 bits per heavy atom. The van der Waals surface area contributed by atoms with E-state index in [0.29, 0.717) is 29.0 Å². The van der Waals surface area contributed by atoms with Crippen LogP contribution in [0.3, 0.4) is 0 Å². The monoisotopic (exact) mass is 386 g/mol. The van der Waals surface area contributed by atoms with Crippen LogP contribution in [-0.4, -0.2) is 24.9 Å². The van der Waals surface area contributed by atoms with Crippen LogP contribution in [0.25, 0.3) is 22.8 Å². The number of benzene rings is 2. The Bertz CT molecular complexity index is 1310. The molecule has 0 saturated heterocycles. The van der Waals surface area contributed by atoms with E-state index in [2.05, 4.69) is 11.7 Å². The van der Waals surface area contributed by atoms with Crippen molar-refractivity contribution in [3.8, 4) is 0 Å². The van der Waals surface area contributed by atoms with E-state index in [1.165, 1.54) is 18.2 Å². The quantitative estimate of drug-likeness (QED) is 0.160. The van der Waals surface area contributed by atoms with Crippen molar-refractivity contribution in [2.75, 3.05) is 0 Å². The van der Waals surface area contributed by atoms with Crippen molar-refractivity contribution in [2.24, 2.45) is 0 Å². The van der Waals surface area contributed by atoms with Crippen LogP contribution in [0.15, 0.2) is 67.3 Å². The van der Waals surface area contributed by atoms with Crippen molar-refractivity contribution in [2.45, 2.75) is 13.5 Å². The maximum absolute atomic E-state index is 13.1. The maximum atomic E-state index is 13.1. The lowest BCUT2D eigenvalue weighted by Gasteiger charge is -2.03. The fraction of sp³-hybridized carbons (Fsp3) is 0.0909. The molecule has 144 valence electrons. The van der Waals surface area contributed by atoms with Gasteiger partial charge in [0, 0.05) is 18.7 Å². The Hall–Kier alpha value is -4.00. The summed E-state index contributed by atoms with van der Waals surface area (Å²) in [5.41, 5.74) is 4.27. The summed E-state index contributed by atoms with van der Waals surface area (Å²) in [6, 6.07) is 14.0. The summed E-state index contributed by atoms with van der Waals surface area (Å²) in [7, 11) is 0. The van der Waals surface area contributed by atoms with Crippen LogP contribution in [0, 0.1) is 17.0 Å². The average molecular weight is 386 g/mol. The van der Waals surface area contributed by atoms with E-state index in [1.54, 1.807) is 35.7 Å². The molecule has 0 unspecified atom stereocenters. The first-order valence-corrected chi connectivity index (χ1v) is 9.05. The van der Waals surface area contributed by atoms with Gasteiger partial charge in [-0.15, -0.1) is 6.58 Å². The molecule has 0 fully saturated rings. The van der Waals surface area contributed by atoms with E-state index < -0.39 is 4.92 Å². The molecule has 0 spiro atoms. The Balaban J connectivity index is 1.82. The van der Waals surface area contributed by atoms with Gasteiger partial charge in [0.15, 0.2) is 5.78 Å². The van der Waals surface area contributed by atoms with E-state index in [1.807, 2.05) is 28.8 Å². The summed E-state index contributed by atoms with van der Waals surface area (Å²) in [4.78, 5) is 23.5. The van der Waals surface area contributed by atoms with E-state index in [4.69, 9.17) is 0 Å². The summed E-state index contributed by atoms with van der Waals surface area (Å²) in [5.74, 6) is -0.211. The van der Waals surface area contributed by atoms with Gasteiger partial charge in [-0.25, -0.2) is 4.52 Å². The standard InChI is InChI=1S/C22H18N4O3/c1-3-13-24-18-9-4-5-10-19(18)25-22(24)21(15(2)23-25)20(27)12-11-16-7-6-8-17(14-16)26(28)29/h3-12,14H,1,13H2,2H3/b12-11+. The molecule has 29 heavy (non-hydrogen) atoms. The predicted molar refractivity (Wildman–Crippen MR) is 112 cm³/mol. The van der Waals surface area contributed by atoms with E-state index in [-0.39, 0.29) is 11.5 Å². The van der Waals surface area contributed by atoms with Crippen molar-refractivity contribution in [3.63, 3.8) is 0 Å². The van der Waals surface area contributed by atoms with Crippen LogP contribution < -0.4 is 0 Å². The van der Waals surface area contributed by atoms with E-state index in [0.717, 1.165) is 11.0 Å². The minimum absolute atomic E-state index is 0.0187. The second-order valence-corrected chi connectivity index (χ2v) is 6.63. The van der Waals surface area contributed by atoms with Crippen LogP contribution in [0.5, 0.6) is 0 Å². The highest BCUT2D eigenvalue weighted by Gasteiger charge is 2.21. The normalized spacial score (nSPS) is 11.5. The summed E-state index contributed by atoms with van der Waals surface area (Å²) >= 11 is 0. The summed E-state index contributed by atoms with van der Waals surface area (Å²) < 4.78 is 3.79. The van der Waals surface area contributed by atoms with Gasteiger partial charge in [0.25, 0.3) is 5.69 Å². The van der Waals surface area contributed by atoms with Crippen LogP contribution in [-0.2, 0) is 6.54 Å². The number of nitro benzene ring substituents is 1. The lowest BCUT2D eigenvalue weighted by atomic mass is 10.1. The van der Waals surface area contributed by atoms with Crippen LogP contribution in [0.2, 0.25) is 0 Å². The van der Waals surface area contributed by atoms with Crippen LogP contribution in [0.1, 0.15) is 21.6 Å². The molecule has 7 nitrogen and oxygen atoms in total. The lowest BCUT2D eigenvalue weighted by Crippen LogP contribution is -2.02. The third kappa shape index (κ3) is 3.12. The number of non-ortho nitro benzene ring substituents is 1. The molecule has 0 radical (unpaired) electrons. The molecule has 0 aliphatic heterocycles. The Morgan fingerprint density at radius 3 is 2.69 bits per heavy atom. The third-order valence-corrected chi connectivity index (χ3v) is 4.76. The fourth-order valence-corrected chi connectivity index (χ4v) is 3.52. The van der Waals surface area contributed by atoms with Crippen molar-refractivity contribution in [3.05, 3.63) is 94.2 Å². The van der Waals surface area contributed by atoms with Gasteiger partial charge in [0.1, 0.15) is 5.65 Å². The van der Waals surface area contributed by atoms with Crippen LogP contribution in [0.4, 0.5) is 5.69 Å². The van der Waals surface area contributed by atoms with Crippen molar-refractivity contribution < 1.29 is 9.72 Å². The summed E-state index contributed by atoms with van der Waals surface area (Å²) in [6.45, 7) is 6.16. The molecule has 0 bridgehead atoms. The number of para-hydroxylation sites is 2. The smallest absolute Gasteiger partial charge is 0.270 e. The number of ketones is 1. The number of imidazole rings is 1. The lowest BCUT2D eigenvalue weighted by molar-refractivity contribution is -0.384. The number of hydrogen-bond acceptors (Lipinski definition) is 4. The first kappa shape index (κ1) is 18.4. The highest BCUT2D eigenvalue weighted by Crippen LogP contribution is 2.26. The number of hydrogen-bond donors (Lipinski definition) is 0. The minimum Gasteiger partial charge on any atom is -0.320 e. The number of aryl methyl sites for hydroxylation is 1. The highest BCUT2D eigenvalue weighted by molar-refractivity contribution is 6.12. The molecule has 0 aliphatic rings. The zero-order valence-electron chi connectivity index (χ0n) is 15.8. The molecule has 0 amide bonds. The third-order valence-electron chi connectivity index (χ3n) is 4.76. The van der Waals surface area contributed by atoms with Crippen molar-refractivity contribution >= 4 is 34.2 Å². The minimum atomic E-state index is -0.460. The van der Waals surface area contributed by atoms with Gasteiger partial charge in [0.05, 0.1) is 27.2 Å². The number of carbonyl (C=O) groups excluding carboxylic acids is 1. The molecule has 2 aromatic carbocycles. The van der Waals surface area contributed by atoms with E-state index in [9.17, 15) is 14.9 Å². The average Bonchev–Trinajstić information content (AvgIpc) is 3.20. The molecule has 4 rings (SSSR count). The molecule has 0 saturated carbocycles. The van der Waals surface area contributed by atoms with Gasteiger partial charge in [-0.05, 0) is 30.7 Å². The van der Waals surface area contributed by atoms with Gasteiger partial charge < -0.3 is 4.57 Å². The first-order valence-electron chi connectivity index (χ1n) is 9.05. The SMILES string of the molecule is C=CCn1c2ccccc2n2nc(C)c(C(=O)/C=C/c3cccc([N+](=O)[O-])c3)c12. The Labute approximate surface area is 166 Å². The van der Waals surface area contributed by atoms with Gasteiger partial charge in [-0.2, -0.15) is 5.10 Å². The van der Waals surface area contributed by atoms with Gasteiger partial charge in [-0.1, -0.05) is 36.4 Å². The second kappa shape index (κ2) is 7.20. The number of allylic oxidation sites excluding steroid dienone is 2. The van der Waals surface area contributed by atoms with Gasteiger partial charge in [0.2, 0.25) is 0 Å². The topological polar surface area (TPSA) is 82.4 Å². The second-order valence-electron chi connectivity index (χ2n) is 6.63. The zero-order chi connectivity index (χ0) is 20.5. The fourth-order valence-electron chi connectivity index (χ4n) is 3.52. The number of nitrogens with zero attached hydrogens (tertiary/aromatic N) is 4. The van der Waals surface area contributed by atoms with Crippen molar-refractivity contribution in [1.29, 1.82) is 0 Å². The molecule has 0 N–H and O–H groups in total. The predicted octanol–water partition coefficient (Wildman–Crippen LogP) is 4.59. The molecule has 0 aliphatic carbocycles. The molecule has 4 aromatic rings. The summed E-state index contributed by atoms with van der Waals surface area (Å²) in [5, 5.41) is 15.5. The van der Waals surface area contributed by atoms with Gasteiger partial charge >= 0.3 is 0 Å². The van der Waals surface area contributed by atoms with Crippen molar-refractivity contribution in [1.82, 2.24) is 14.2 Å². The first-order chi connectivity index (χ1) is 14.0. The number of rotatable bonds is 6.